The van der Waals surface area contributed by atoms with Gasteiger partial charge in [-0.2, -0.15) is 11.8 Å². The first-order chi connectivity index (χ1) is 8.17. The number of nitrogens with one attached hydrogen (secondary N) is 1. The number of halogens is 2. The maximum absolute atomic E-state index is 13.3. The van der Waals surface area contributed by atoms with E-state index in [-0.39, 0.29) is 10.8 Å². The van der Waals surface area contributed by atoms with Crippen molar-refractivity contribution in [3.05, 3.63) is 34.6 Å². The largest absolute Gasteiger partial charge is 0.314 e. The van der Waals surface area contributed by atoms with Crippen LogP contribution in [0.25, 0.3) is 0 Å². The summed E-state index contributed by atoms with van der Waals surface area (Å²) >= 11 is 7.50. The fraction of sp³-hybridized carbons (Fsp3) is 0.538. The highest BCUT2D eigenvalue weighted by Crippen LogP contribution is 2.17. The summed E-state index contributed by atoms with van der Waals surface area (Å²) in [5.41, 5.74) is 0.999. The maximum atomic E-state index is 13.3. The van der Waals surface area contributed by atoms with Crippen LogP contribution >= 0.6 is 23.4 Å². The Kier molecular flexibility index (Phi) is 6.93. The average Bonchev–Trinajstić information content (AvgIpc) is 2.31. The van der Waals surface area contributed by atoms with E-state index >= 15 is 0 Å². The van der Waals surface area contributed by atoms with Crippen molar-refractivity contribution in [2.24, 2.45) is 0 Å². The van der Waals surface area contributed by atoms with Crippen LogP contribution in [0.4, 0.5) is 4.39 Å². The summed E-state index contributed by atoms with van der Waals surface area (Å²) < 4.78 is 13.3. The first-order valence-corrected chi connectivity index (χ1v) is 7.60. The second kappa shape index (κ2) is 7.96. The van der Waals surface area contributed by atoms with Crippen LogP contribution in [-0.2, 0) is 6.42 Å². The summed E-state index contributed by atoms with van der Waals surface area (Å²) in [6, 6.07) is 5.47. The molecule has 0 fully saturated rings. The number of likely N-dealkylation sites (N-methyl/N-ethyl adjacent to an activating group) is 1. The van der Waals surface area contributed by atoms with Gasteiger partial charge in [-0.15, -0.1) is 0 Å². The monoisotopic (exact) mass is 275 g/mol. The van der Waals surface area contributed by atoms with E-state index in [1.807, 2.05) is 17.8 Å². The van der Waals surface area contributed by atoms with E-state index in [0.717, 1.165) is 30.7 Å². The van der Waals surface area contributed by atoms with Crippen molar-refractivity contribution in [3.63, 3.8) is 0 Å². The van der Waals surface area contributed by atoms with Crippen molar-refractivity contribution >= 4 is 23.4 Å². The third kappa shape index (κ3) is 5.28. The van der Waals surface area contributed by atoms with Gasteiger partial charge in [-0.3, -0.25) is 0 Å². The van der Waals surface area contributed by atoms with Crippen LogP contribution in [-0.4, -0.2) is 24.6 Å². The molecule has 4 heteroatoms. The zero-order valence-corrected chi connectivity index (χ0v) is 11.9. The number of benzene rings is 1. The molecule has 1 atom stereocenters. The van der Waals surface area contributed by atoms with Crippen LogP contribution in [0, 0.1) is 5.82 Å². The standard InChI is InChI=1S/C13H19ClFNS/c1-3-16-11(6-7-17-2)8-10-4-5-12(14)13(15)9-10/h4-5,9,11,16H,3,6-8H2,1-2H3. The quantitative estimate of drug-likeness (QED) is 0.813. The Morgan fingerprint density at radius 1 is 1.47 bits per heavy atom. The predicted octanol–water partition coefficient (Wildman–Crippen LogP) is 3.75. The molecule has 0 aliphatic heterocycles. The SMILES string of the molecule is CCNC(CCSC)Cc1ccc(Cl)c(F)c1. The highest BCUT2D eigenvalue weighted by Gasteiger charge is 2.09. The van der Waals surface area contributed by atoms with Crippen molar-refractivity contribution < 1.29 is 4.39 Å². The van der Waals surface area contributed by atoms with Crippen molar-refractivity contribution in [3.8, 4) is 0 Å². The van der Waals surface area contributed by atoms with E-state index in [1.165, 1.54) is 6.07 Å². The van der Waals surface area contributed by atoms with Gasteiger partial charge in [0.25, 0.3) is 0 Å². The van der Waals surface area contributed by atoms with E-state index in [1.54, 1.807) is 6.07 Å². The molecule has 0 heterocycles. The summed E-state index contributed by atoms with van der Waals surface area (Å²) in [6.07, 6.45) is 4.05. The van der Waals surface area contributed by atoms with Gasteiger partial charge in [-0.25, -0.2) is 4.39 Å². The second-order valence-corrected chi connectivity index (χ2v) is 5.38. The van der Waals surface area contributed by atoms with E-state index in [2.05, 4.69) is 18.5 Å². The fourth-order valence-electron chi connectivity index (χ4n) is 1.78. The fourth-order valence-corrected chi connectivity index (χ4v) is 2.41. The van der Waals surface area contributed by atoms with Gasteiger partial charge in [0.2, 0.25) is 0 Å². The van der Waals surface area contributed by atoms with Gasteiger partial charge in [0.15, 0.2) is 0 Å². The van der Waals surface area contributed by atoms with Crippen LogP contribution in [0.3, 0.4) is 0 Å². The minimum Gasteiger partial charge on any atom is -0.314 e. The molecular formula is C13H19ClFNS. The molecule has 0 saturated carbocycles. The van der Waals surface area contributed by atoms with Gasteiger partial charge in [-0.1, -0.05) is 24.6 Å². The molecule has 17 heavy (non-hydrogen) atoms. The zero-order chi connectivity index (χ0) is 12.7. The average molecular weight is 276 g/mol. The minimum absolute atomic E-state index is 0.192. The Labute approximate surface area is 112 Å². The van der Waals surface area contributed by atoms with Gasteiger partial charge >= 0.3 is 0 Å². The molecule has 0 radical (unpaired) electrons. The summed E-state index contributed by atoms with van der Waals surface area (Å²) in [6.45, 7) is 3.03. The first kappa shape index (κ1) is 14.8. The summed E-state index contributed by atoms with van der Waals surface area (Å²) in [4.78, 5) is 0. The van der Waals surface area contributed by atoms with Crippen molar-refractivity contribution in [1.82, 2.24) is 5.32 Å². The highest BCUT2D eigenvalue weighted by atomic mass is 35.5. The smallest absolute Gasteiger partial charge is 0.142 e. The topological polar surface area (TPSA) is 12.0 Å². The van der Waals surface area contributed by atoms with E-state index in [0.29, 0.717) is 6.04 Å². The molecule has 0 aliphatic carbocycles. The second-order valence-electron chi connectivity index (χ2n) is 3.99. The number of thioether (sulfide) groups is 1. The van der Waals surface area contributed by atoms with E-state index in [4.69, 9.17) is 11.6 Å². The first-order valence-electron chi connectivity index (χ1n) is 5.83. The third-order valence-corrected chi connectivity index (χ3v) is 3.58. The normalized spacial score (nSPS) is 12.7. The Balaban J connectivity index is 2.61. The van der Waals surface area contributed by atoms with Crippen molar-refractivity contribution in [2.45, 2.75) is 25.8 Å². The minimum atomic E-state index is -0.329. The molecule has 0 aliphatic rings. The molecule has 1 nitrogen and oxygen atoms in total. The van der Waals surface area contributed by atoms with Crippen LogP contribution in [0.5, 0.6) is 0 Å². The molecule has 1 aromatic carbocycles. The summed E-state index contributed by atoms with van der Waals surface area (Å²) in [7, 11) is 0. The van der Waals surface area contributed by atoms with Gasteiger partial charge in [-0.05, 0) is 49.1 Å². The van der Waals surface area contributed by atoms with Gasteiger partial charge in [0.05, 0.1) is 5.02 Å². The Morgan fingerprint density at radius 3 is 2.82 bits per heavy atom. The Morgan fingerprint density at radius 2 is 2.24 bits per heavy atom. The number of rotatable bonds is 7. The summed E-state index contributed by atoms with van der Waals surface area (Å²) in [5, 5.41) is 3.62. The molecule has 0 spiro atoms. The third-order valence-electron chi connectivity index (χ3n) is 2.63. The molecule has 0 bridgehead atoms. The predicted molar refractivity (Wildman–Crippen MR) is 75.6 cm³/mol. The van der Waals surface area contributed by atoms with E-state index < -0.39 is 0 Å². The molecule has 96 valence electrons. The van der Waals surface area contributed by atoms with Crippen LogP contribution in [0.1, 0.15) is 18.9 Å². The molecular weight excluding hydrogens is 257 g/mol. The number of hydrogen-bond acceptors (Lipinski definition) is 2. The van der Waals surface area contributed by atoms with Crippen LogP contribution in [0.2, 0.25) is 5.02 Å². The molecule has 0 saturated heterocycles. The summed E-state index contributed by atoms with van der Waals surface area (Å²) in [5.74, 6) is 0.789. The molecule has 1 N–H and O–H groups in total. The highest BCUT2D eigenvalue weighted by molar-refractivity contribution is 7.98. The molecule has 0 amide bonds. The maximum Gasteiger partial charge on any atom is 0.142 e. The molecule has 1 rings (SSSR count). The van der Waals surface area contributed by atoms with Gasteiger partial charge < -0.3 is 5.32 Å². The van der Waals surface area contributed by atoms with Crippen LogP contribution < -0.4 is 5.32 Å². The zero-order valence-electron chi connectivity index (χ0n) is 10.3. The molecule has 1 aromatic rings. The number of hydrogen-bond donors (Lipinski definition) is 1. The Hall–Kier alpha value is -0.250. The van der Waals surface area contributed by atoms with Crippen molar-refractivity contribution in [2.75, 3.05) is 18.6 Å². The lowest BCUT2D eigenvalue weighted by Crippen LogP contribution is -2.31. The Bertz CT molecular complexity index is 346. The van der Waals surface area contributed by atoms with Gasteiger partial charge in [0.1, 0.15) is 5.82 Å². The van der Waals surface area contributed by atoms with Crippen LogP contribution in [0.15, 0.2) is 18.2 Å². The van der Waals surface area contributed by atoms with E-state index in [9.17, 15) is 4.39 Å². The lowest BCUT2D eigenvalue weighted by Gasteiger charge is -2.17. The lowest BCUT2D eigenvalue weighted by molar-refractivity contribution is 0.512. The van der Waals surface area contributed by atoms with Gasteiger partial charge in [0, 0.05) is 6.04 Å². The van der Waals surface area contributed by atoms with Crippen molar-refractivity contribution in [1.29, 1.82) is 0 Å². The molecule has 1 unspecified atom stereocenters. The molecule has 0 aromatic heterocycles. The lowest BCUT2D eigenvalue weighted by atomic mass is 10.0.